The van der Waals surface area contributed by atoms with E-state index in [1.54, 1.807) is 18.2 Å². The number of hydrogen-bond donors (Lipinski definition) is 1. The van der Waals surface area contributed by atoms with Crippen molar-refractivity contribution in [1.29, 1.82) is 0 Å². The molecule has 0 spiro atoms. The number of aliphatic hydroxyl groups is 1. The van der Waals surface area contributed by atoms with Crippen LogP contribution in [0.1, 0.15) is 43.0 Å². The van der Waals surface area contributed by atoms with Crippen LogP contribution in [0.3, 0.4) is 0 Å². The zero-order valence-corrected chi connectivity index (χ0v) is 20.3. The Kier molecular flexibility index (Phi) is 8.30. The van der Waals surface area contributed by atoms with Gasteiger partial charge in [-0.25, -0.2) is 22.0 Å². The molecule has 9 heteroatoms. The second-order valence-electron chi connectivity index (χ2n) is 9.39. The van der Waals surface area contributed by atoms with Crippen molar-refractivity contribution in [2.24, 2.45) is 5.41 Å². The van der Waals surface area contributed by atoms with Crippen molar-refractivity contribution in [3.63, 3.8) is 0 Å². The highest BCUT2D eigenvalue weighted by atomic mass is 19.2. The minimum absolute atomic E-state index is 0.0245. The van der Waals surface area contributed by atoms with Gasteiger partial charge in [0.25, 0.3) is 0 Å². The summed E-state index contributed by atoms with van der Waals surface area (Å²) in [6, 6.07) is 6.06. The molecule has 37 heavy (non-hydrogen) atoms. The second kappa shape index (κ2) is 11.4. The van der Waals surface area contributed by atoms with Crippen LogP contribution in [0.5, 0.6) is 5.75 Å². The number of halogens is 5. The summed E-state index contributed by atoms with van der Waals surface area (Å²) in [7, 11) is 1.48. The number of nitrogens with zero attached hydrogens (tertiary/aromatic N) is 2. The van der Waals surface area contributed by atoms with E-state index >= 15 is 4.39 Å². The van der Waals surface area contributed by atoms with Crippen LogP contribution >= 0.6 is 0 Å². The summed E-state index contributed by atoms with van der Waals surface area (Å²) in [6.07, 6.45) is 0.919. The van der Waals surface area contributed by atoms with E-state index < -0.39 is 40.4 Å². The molecule has 0 bridgehead atoms. The van der Waals surface area contributed by atoms with Gasteiger partial charge in [0, 0.05) is 29.7 Å². The number of benzene rings is 2. The number of likely N-dealkylation sites (tertiary alicyclic amines) is 1. The van der Waals surface area contributed by atoms with E-state index in [2.05, 4.69) is 16.8 Å². The number of aromatic nitrogens is 1. The monoisotopic (exact) mass is 518 g/mol. The quantitative estimate of drug-likeness (QED) is 0.321. The number of aliphatic hydroxyl groups excluding tert-OH is 1. The van der Waals surface area contributed by atoms with E-state index in [1.807, 2.05) is 4.90 Å². The third-order valence-corrected chi connectivity index (χ3v) is 7.08. The fourth-order valence-corrected chi connectivity index (χ4v) is 4.76. The lowest BCUT2D eigenvalue weighted by atomic mass is 9.74. The van der Waals surface area contributed by atoms with Crippen LogP contribution < -0.4 is 4.74 Å². The van der Waals surface area contributed by atoms with Gasteiger partial charge in [0.1, 0.15) is 35.2 Å². The number of rotatable bonds is 7. The molecule has 4 nitrogen and oxygen atoms in total. The number of methoxy groups -OCH3 is 1. The van der Waals surface area contributed by atoms with Gasteiger partial charge in [0.2, 0.25) is 0 Å². The van der Waals surface area contributed by atoms with Crippen molar-refractivity contribution < 1.29 is 31.8 Å². The Hall–Kier alpha value is -3.22. The fourth-order valence-electron chi connectivity index (χ4n) is 4.76. The maximum absolute atomic E-state index is 15.4. The molecule has 1 saturated heterocycles. The SMILES string of the molecule is COc1ccc2ncc(F)c([C@@H](F)CCC3(CO)CCN(CC#Cc4c(F)cc(F)cc4F)CC3)c2c1. The van der Waals surface area contributed by atoms with Crippen LogP contribution in [0, 0.1) is 40.5 Å². The van der Waals surface area contributed by atoms with Crippen LogP contribution in [0.4, 0.5) is 22.0 Å². The molecule has 1 N–H and O–H groups in total. The molecule has 4 rings (SSSR count). The number of piperidine rings is 1. The molecule has 0 radical (unpaired) electrons. The molecular formula is C28H27F5N2O2. The number of hydrogen-bond acceptors (Lipinski definition) is 4. The summed E-state index contributed by atoms with van der Waals surface area (Å²) < 4.78 is 75.8. The standard InChI is InChI=1S/C28H27F5N2O2/c1-37-19-4-5-26-21(15-19)27(25(33)16-34-26)22(30)6-7-28(17-36)8-11-35(12-9-28)10-2-3-20-23(31)13-18(29)14-24(20)32/h4-5,13-16,22,36H,6-12,17H2,1H3/t22-/m0/s1. The van der Waals surface area contributed by atoms with Crippen molar-refractivity contribution in [1.82, 2.24) is 9.88 Å². The van der Waals surface area contributed by atoms with Crippen molar-refractivity contribution >= 4 is 10.9 Å². The lowest BCUT2D eigenvalue weighted by Gasteiger charge is -2.40. The molecule has 0 aliphatic carbocycles. The van der Waals surface area contributed by atoms with Crippen LogP contribution in [-0.4, -0.2) is 48.3 Å². The molecule has 0 amide bonds. The highest BCUT2D eigenvalue weighted by Gasteiger charge is 2.35. The second-order valence-corrected chi connectivity index (χ2v) is 9.39. The molecule has 196 valence electrons. The molecule has 3 aromatic rings. The lowest BCUT2D eigenvalue weighted by molar-refractivity contribution is 0.0343. The van der Waals surface area contributed by atoms with Gasteiger partial charge in [-0.3, -0.25) is 9.88 Å². The Labute approximate surface area is 212 Å². The minimum Gasteiger partial charge on any atom is -0.497 e. The molecule has 0 unspecified atom stereocenters. The molecular weight excluding hydrogens is 491 g/mol. The van der Waals surface area contributed by atoms with E-state index in [0.29, 0.717) is 61.1 Å². The van der Waals surface area contributed by atoms with E-state index in [-0.39, 0.29) is 25.1 Å². The van der Waals surface area contributed by atoms with Crippen molar-refractivity contribution in [3.8, 4) is 17.6 Å². The first kappa shape index (κ1) is 26.8. The smallest absolute Gasteiger partial charge is 0.148 e. The highest BCUT2D eigenvalue weighted by molar-refractivity contribution is 5.84. The largest absolute Gasteiger partial charge is 0.497 e. The summed E-state index contributed by atoms with van der Waals surface area (Å²) in [4.78, 5) is 6.00. The normalized spacial score (nSPS) is 16.3. The van der Waals surface area contributed by atoms with Crippen LogP contribution in [0.15, 0.2) is 36.5 Å². The molecule has 1 aliphatic heterocycles. The third kappa shape index (κ3) is 6.03. The summed E-state index contributed by atoms with van der Waals surface area (Å²) in [6.45, 7) is 1.19. The Balaban J connectivity index is 1.38. The molecule has 0 saturated carbocycles. The van der Waals surface area contributed by atoms with Crippen molar-refractivity contribution in [2.45, 2.75) is 31.9 Å². The fraction of sp³-hybridized carbons (Fsp3) is 0.393. The number of alkyl halides is 1. The summed E-state index contributed by atoms with van der Waals surface area (Å²) >= 11 is 0. The van der Waals surface area contributed by atoms with Gasteiger partial charge in [0.15, 0.2) is 0 Å². The van der Waals surface area contributed by atoms with Crippen molar-refractivity contribution in [3.05, 3.63) is 70.9 Å². The van der Waals surface area contributed by atoms with Crippen LogP contribution in [0.25, 0.3) is 10.9 Å². The zero-order chi connectivity index (χ0) is 26.6. The first-order valence-electron chi connectivity index (χ1n) is 12.0. The molecule has 1 aromatic heterocycles. The van der Waals surface area contributed by atoms with Gasteiger partial charge in [-0.15, -0.1) is 0 Å². The van der Waals surface area contributed by atoms with E-state index in [9.17, 15) is 22.7 Å². The van der Waals surface area contributed by atoms with Gasteiger partial charge >= 0.3 is 0 Å². The summed E-state index contributed by atoms with van der Waals surface area (Å²) in [5, 5.41) is 10.5. The predicted molar refractivity (Wildman–Crippen MR) is 130 cm³/mol. The first-order chi connectivity index (χ1) is 17.7. The van der Waals surface area contributed by atoms with Gasteiger partial charge < -0.3 is 9.84 Å². The minimum atomic E-state index is -1.59. The number of fused-ring (bicyclic) bond motifs is 1. The van der Waals surface area contributed by atoms with Gasteiger partial charge in [-0.05, 0) is 62.4 Å². The third-order valence-electron chi connectivity index (χ3n) is 7.08. The zero-order valence-electron chi connectivity index (χ0n) is 20.3. The van der Waals surface area contributed by atoms with Gasteiger partial charge in [-0.2, -0.15) is 0 Å². The van der Waals surface area contributed by atoms with Gasteiger partial charge in [-0.1, -0.05) is 11.8 Å². The average molecular weight is 519 g/mol. The number of pyridine rings is 1. The predicted octanol–water partition coefficient (Wildman–Crippen LogP) is 5.72. The maximum atomic E-state index is 15.4. The average Bonchev–Trinajstić information content (AvgIpc) is 2.89. The Morgan fingerprint density at radius 1 is 1.08 bits per heavy atom. The lowest BCUT2D eigenvalue weighted by Crippen LogP contribution is -2.42. The van der Waals surface area contributed by atoms with Crippen LogP contribution in [-0.2, 0) is 0 Å². The van der Waals surface area contributed by atoms with E-state index in [0.717, 1.165) is 6.20 Å². The first-order valence-corrected chi connectivity index (χ1v) is 12.0. The molecule has 2 heterocycles. The summed E-state index contributed by atoms with van der Waals surface area (Å²) in [5.41, 5.74) is -0.609. The molecule has 2 aromatic carbocycles. The Morgan fingerprint density at radius 2 is 1.78 bits per heavy atom. The summed E-state index contributed by atoms with van der Waals surface area (Å²) in [5.74, 6) is 1.76. The van der Waals surface area contributed by atoms with Crippen molar-refractivity contribution in [2.75, 3.05) is 33.4 Å². The topological polar surface area (TPSA) is 45.6 Å². The molecule has 1 atom stereocenters. The highest BCUT2D eigenvalue weighted by Crippen LogP contribution is 2.40. The van der Waals surface area contributed by atoms with Crippen LogP contribution in [0.2, 0.25) is 0 Å². The Bertz CT molecular complexity index is 1310. The van der Waals surface area contributed by atoms with E-state index in [1.165, 1.54) is 7.11 Å². The molecule has 1 fully saturated rings. The molecule has 1 aliphatic rings. The number of ether oxygens (including phenoxy) is 1. The maximum Gasteiger partial charge on any atom is 0.148 e. The van der Waals surface area contributed by atoms with E-state index in [4.69, 9.17) is 4.74 Å². The Morgan fingerprint density at radius 3 is 2.43 bits per heavy atom. The van der Waals surface area contributed by atoms with Gasteiger partial charge in [0.05, 0.1) is 30.9 Å².